The number of rotatable bonds is 4. The molecule has 1 saturated heterocycles. The molecule has 11 heteroatoms. The van der Waals surface area contributed by atoms with Crippen molar-refractivity contribution in [3.05, 3.63) is 35.7 Å². The predicted molar refractivity (Wildman–Crippen MR) is 83.8 cm³/mol. The van der Waals surface area contributed by atoms with Gasteiger partial charge in [-0.15, -0.1) is 0 Å². The molecule has 7 nitrogen and oxygen atoms in total. The van der Waals surface area contributed by atoms with Crippen molar-refractivity contribution < 1.29 is 30.9 Å². The third-order valence-electron chi connectivity index (χ3n) is 3.95. The van der Waals surface area contributed by atoms with Gasteiger partial charge >= 0.3 is 12.1 Å². The summed E-state index contributed by atoms with van der Waals surface area (Å²) in [4.78, 5) is 15.4. The summed E-state index contributed by atoms with van der Waals surface area (Å²) in [6.07, 6.45) is -4.21. The van der Waals surface area contributed by atoms with Crippen molar-refractivity contribution >= 4 is 15.7 Å². The summed E-state index contributed by atoms with van der Waals surface area (Å²) in [6, 6.07) is 5.64. The van der Waals surface area contributed by atoms with Gasteiger partial charge in [0.25, 0.3) is 5.91 Å². The number of aromatic nitrogens is 2. The predicted octanol–water partition coefficient (Wildman–Crippen LogP) is 1.92. The highest BCUT2D eigenvalue weighted by molar-refractivity contribution is 7.91. The van der Waals surface area contributed by atoms with E-state index in [1.165, 1.54) is 24.3 Å². The Hall–Kier alpha value is -2.43. The van der Waals surface area contributed by atoms with Crippen molar-refractivity contribution in [3.8, 4) is 11.4 Å². The number of benzene rings is 1. The van der Waals surface area contributed by atoms with Crippen LogP contribution in [0, 0.1) is 5.92 Å². The van der Waals surface area contributed by atoms with Crippen LogP contribution in [0.15, 0.2) is 28.8 Å². The summed E-state index contributed by atoms with van der Waals surface area (Å²) in [5.74, 6) is -1.99. The second kappa shape index (κ2) is 6.71. The van der Waals surface area contributed by atoms with Gasteiger partial charge in [0.1, 0.15) is 0 Å². The van der Waals surface area contributed by atoms with Crippen LogP contribution in [0.1, 0.15) is 22.7 Å². The third kappa shape index (κ3) is 4.21. The smallest absolute Gasteiger partial charge is 0.352 e. The lowest BCUT2D eigenvalue weighted by Gasteiger charge is -2.09. The fourth-order valence-electron chi connectivity index (χ4n) is 2.60. The van der Waals surface area contributed by atoms with Gasteiger partial charge in [0.2, 0.25) is 5.82 Å². The van der Waals surface area contributed by atoms with Crippen LogP contribution in [0.3, 0.4) is 0 Å². The Morgan fingerprint density at radius 2 is 1.96 bits per heavy atom. The highest BCUT2D eigenvalue weighted by Crippen LogP contribution is 2.29. The quantitative estimate of drug-likeness (QED) is 0.857. The number of nitrogens with one attached hydrogen (secondary N) is 1. The maximum Gasteiger partial charge on any atom is 0.471 e. The topological polar surface area (TPSA) is 102 Å². The molecule has 26 heavy (non-hydrogen) atoms. The van der Waals surface area contributed by atoms with Gasteiger partial charge < -0.3 is 9.84 Å². The van der Waals surface area contributed by atoms with Crippen molar-refractivity contribution in [2.75, 3.05) is 18.1 Å². The fraction of sp³-hybridized carbons (Fsp3) is 0.400. The van der Waals surface area contributed by atoms with Crippen LogP contribution in [-0.4, -0.2) is 42.5 Å². The molecule has 3 rings (SSSR count). The van der Waals surface area contributed by atoms with Crippen LogP contribution in [0.2, 0.25) is 0 Å². The summed E-state index contributed by atoms with van der Waals surface area (Å²) < 4.78 is 64.3. The van der Waals surface area contributed by atoms with E-state index in [9.17, 15) is 26.4 Å². The molecule has 2 aromatic rings. The number of amides is 1. The van der Waals surface area contributed by atoms with Gasteiger partial charge in [-0.1, -0.05) is 17.3 Å². The van der Waals surface area contributed by atoms with Crippen molar-refractivity contribution in [1.29, 1.82) is 0 Å². The Balaban J connectivity index is 1.62. The number of halogens is 3. The van der Waals surface area contributed by atoms with Crippen molar-refractivity contribution in [2.45, 2.75) is 12.6 Å². The molecule has 0 unspecified atom stereocenters. The number of alkyl halides is 3. The van der Waals surface area contributed by atoms with E-state index in [0.717, 1.165) is 0 Å². The fourth-order valence-corrected chi connectivity index (χ4v) is 4.46. The van der Waals surface area contributed by atoms with Gasteiger partial charge in [-0.05, 0) is 24.5 Å². The molecule has 1 amide bonds. The SMILES string of the molecule is O=C(NC[C@@H]1CCS(=O)(=O)C1)c1ccc(-c2noc(C(F)(F)F)n2)cc1. The molecule has 1 aromatic carbocycles. The van der Waals surface area contributed by atoms with E-state index in [-0.39, 0.29) is 40.9 Å². The Morgan fingerprint density at radius 1 is 1.27 bits per heavy atom. The van der Waals surface area contributed by atoms with Crippen LogP contribution in [0.5, 0.6) is 0 Å². The van der Waals surface area contributed by atoms with Crippen LogP contribution >= 0.6 is 0 Å². The van der Waals surface area contributed by atoms with Crippen molar-refractivity contribution in [3.63, 3.8) is 0 Å². The number of carbonyl (C=O) groups excluding carboxylic acids is 1. The zero-order chi connectivity index (χ0) is 18.9. The maximum atomic E-state index is 12.5. The van der Waals surface area contributed by atoms with Crippen LogP contribution in [0.25, 0.3) is 11.4 Å². The van der Waals surface area contributed by atoms with Gasteiger partial charge in [-0.2, -0.15) is 18.2 Å². The summed E-state index contributed by atoms with van der Waals surface area (Å²) in [6.45, 7) is 0.250. The lowest BCUT2D eigenvalue weighted by molar-refractivity contribution is -0.159. The van der Waals surface area contributed by atoms with Gasteiger partial charge in [0.15, 0.2) is 9.84 Å². The van der Waals surface area contributed by atoms with Gasteiger partial charge in [-0.3, -0.25) is 4.79 Å². The number of hydrogen-bond acceptors (Lipinski definition) is 6. The van der Waals surface area contributed by atoms with Gasteiger partial charge in [-0.25, -0.2) is 8.42 Å². The van der Waals surface area contributed by atoms with E-state index in [2.05, 4.69) is 20.0 Å². The molecule has 1 aliphatic heterocycles. The first-order valence-corrected chi connectivity index (χ1v) is 9.46. The minimum atomic E-state index is -4.72. The Bertz CT molecular complexity index is 907. The maximum absolute atomic E-state index is 12.5. The Morgan fingerprint density at radius 3 is 2.50 bits per heavy atom. The summed E-state index contributed by atoms with van der Waals surface area (Å²) >= 11 is 0. The van der Waals surface area contributed by atoms with Crippen LogP contribution in [-0.2, 0) is 16.0 Å². The average Bonchev–Trinajstić information content (AvgIpc) is 3.19. The standard InChI is InChI=1S/C15H14F3N3O4S/c16-15(17,18)14-20-12(21-25-14)10-1-3-11(4-2-10)13(22)19-7-9-5-6-26(23,24)8-9/h1-4,9H,5-8H2,(H,19,22)/t9-/m0/s1. The second-order valence-electron chi connectivity index (χ2n) is 5.98. The number of carbonyl (C=O) groups is 1. The first-order chi connectivity index (χ1) is 12.1. The first-order valence-electron chi connectivity index (χ1n) is 7.64. The molecule has 0 bridgehead atoms. The Labute approximate surface area is 146 Å². The largest absolute Gasteiger partial charge is 0.471 e. The summed E-state index contributed by atoms with van der Waals surface area (Å²) in [7, 11) is -3.01. The van der Waals surface area contributed by atoms with E-state index < -0.39 is 27.8 Å². The van der Waals surface area contributed by atoms with E-state index in [0.29, 0.717) is 6.42 Å². The lowest BCUT2D eigenvalue weighted by atomic mass is 10.1. The molecule has 1 fully saturated rings. The van der Waals surface area contributed by atoms with Gasteiger partial charge in [0.05, 0.1) is 11.5 Å². The van der Waals surface area contributed by atoms with Crippen molar-refractivity contribution in [1.82, 2.24) is 15.5 Å². The van der Waals surface area contributed by atoms with Crippen molar-refractivity contribution in [2.24, 2.45) is 5.92 Å². The molecule has 1 aromatic heterocycles. The molecule has 0 spiro atoms. The van der Waals surface area contributed by atoms with Gasteiger partial charge in [0, 0.05) is 17.7 Å². The van der Waals surface area contributed by atoms with Crippen LogP contribution < -0.4 is 5.32 Å². The minimum absolute atomic E-state index is 0.0611. The number of sulfone groups is 1. The average molecular weight is 389 g/mol. The second-order valence-corrected chi connectivity index (χ2v) is 8.21. The monoisotopic (exact) mass is 389 g/mol. The Kier molecular flexibility index (Phi) is 4.74. The summed E-state index contributed by atoms with van der Waals surface area (Å²) in [5, 5.41) is 5.93. The molecular weight excluding hydrogens is 375 g/mol. The third-order valence-corrected chi connectivity index (χ3v) is 5.79. The normalized spacial score (nSPS) is 19.4. The molecule has 0 aliphatic carbocycles. The zero-order valence-electron chi connectivity index (χ0n) is 13.3. The molecular formula is C15H14F3N3O4S. The van der Waals surface area contributed by atoms with E-state index in [1.807, 2.05) is 0 Å². The lowest BCUT2D eigenvalue weighted by Crippen LogP contribution is -2.29. The van der Waals surface area contributed by atoms with E-state index in [1.54, 1.807) is 0 Å². The molecule has 0 saturated carbocycles. The van der Waals surface area contributed by atoms with Crippen LogP contribution in [0.4, 0.5) is 13.2 Å². The zero-order valence-corrected chi connectivity index (χ0v) is 14.1. The molecule has 1 N–H and O–H groups in total. The molecule has 0 radical (unpaired) electrons. The molecule has 2 heterocycles. The highest BCUT2D eigenvalue weighted by Gasteiger charge is 2.38. The van der Waals surface area contributed by atoms with E-state index >= 15 is 0 Å². The summed E-state index contributed by atoms with van der Waals surface area (Å²) in [5.41, 5.74) is 0.553. The molecule has 1 atom stereocenters. The van der Waals surface area contributed by atoms with E-state index in [4.69, 9.17) is 0 Å². The number of hydrogen-bond donors (Lipinski definition) is 1. The molecule has 140 valence electrons. The highest BCUT2D eigenvalue weighted by atomic mass is 32.2. The minimum Gasteiger partial charge on any atom is -0.352 e. The first kappa shape index (κ1) is 18.4. The number of nitrogens with zero attached hydrogens (tertiary/aromatic N) is 2. The molecule has 1 aliphatic rings.